The number of halogens is 1. The maximum Gasteiger partial charge on any atom is 0.261 e. The number of nitrogens with one attached hydrogen (secondary N) is 1. The largest absolute Gasteiger partial charge is 0.326 e. The minimum absolute atomic E-state index is 0.179. The lowest BCUT2D eigenvalue weighted by atomic mass is 9.94. The fraction of sp³-hybridized carbons (Fsp3) is 0.136. The number of benzene rings is 3. The van der Waals surface area contributed by atoms with E-state index in [0.717, 1.165) is 5.39 Å². The zero-order valence-corrected chi connectivity index (χ0v) is 15.7. The second-order valence-corrected chi connectivity index (χ2v) is 7.07. The van der Waals surface area contributed by atoms with Crippen molar-refractivity contribution < 1.29 is 14.4 Å². The van der Waals surface area contributed by atoms with Gasteiger partial charge in [-0.25, -0.2) is 0 Å². The average Bonchev–Trinajstić information content (AvgIpc) is 2.70. The minimum Gasteiger partial charge on any atom is -0.326 e. The van der Waals surface area contributed by atoms with Gasteiger partial charge in [-0.1, -0.05) is 35.9 Å². The molecule has 4 rings (SSSR count). The molecule has 140 valence electrons. The van der Waals surface area contributed by atoms with Crippen molar-refractivity contribution in [2.24, 2.45) is 0 Å². The second-order valence-electron chi connectivity index (χ2n) is 6.63. The van der Waals surface area contributed by atoms with Crippen LogP contribution in [0, 0.1) is 0 Å². The van der Waals surface area contributed by atoms with Crippen LogP contribution in [0.4, 0.5) is 5.69 Å². The highest BCUT2D eigenvalue weighted by molar-refractivity contribution is 6.30. The van der Waals surface area contributed by atoms with Gasteiger partial charge in [-0.05, 0) is 48.2 Å². The molecule has 3 amide bonds. The third-order valence-corrected chi connectivity index (χ3v) is 5.02. The molecule has 0 bridgehead atoms. The SMILES string of the molecule is O=C(CCCN1C(=O)c2cccc3cccc(c23)C1=O)Nc1ccc(Cl)cc1. The standard InChI is InChI=1S/C22H17ClN2O3/c23-15-9-11-16(12-10-15)24-19(26)8-3-13-25-21(27)17-6-1-4-14-5-2-7-18(20(14)17)22(25)28/h1-2,4-7,9-12H,3,8,13H2,(H,24,26). The van der Waals surface area contributed by atoms with Crippen molar-refractivity contribution in [2.45, 2.75) is 12.8 Å². The second kappa shape index (κ2) is 7.44. The first-order valence-electron chi connectivity index (χ1n) is 8.98. The number of nitrogens with zero attached hydrogens (tertiary/aromatic N) is 1. The monoisotopic (exact) mass is 392 g/mol. The lowest BCUT2D eigenvalue weighted by Crippen LogP contribution is -2.41. The van der Waals surface area contributed by atoms with Crippen LogP contribution >= 0.6 is 11.6 Å². The number of rotatable bonds is 5. The van der Waals surface area contributed by atoms with Gasteiger partial charge in [-0.2, -0.15) is 0 Å². The maximum atomic E-state index is 12.8. The van der Waals surface area contributed by atoms with Gasteiger partial charge in [0, 0.05) is 40.2 Å². The molecule has 0 saturated heterocycles. The molecule has 5 nitrogen and oxygen atoms in total. The van der Waals surface area contributed by atoms with Crippen LogP contribution in [0.1, 0.15) is 33.6 Å². The summed E-state index contributed by atoms with van der Waals surface area (Å²) in [7, 11) is 0. The molecular formula is C22H17ClN2O3. The summed E-state index contributed by atoms with van der Waals surface area (Å²) < 4.78 is 0. The van der Waals surface area contributed by atoms with Crippen molar-refractivity contribution in [1.29, 1.82) is 0 Å². The van der Waals surface area contributed by atoms with E-state index in [4.69, 9.17) is 11.6 Å². The van der Waals surface area contributed by atoms with Crippen molar-refractivity contribution in [2.75, 3.05) is 11.9 Å². The molecule has 0 radical (unpaired) electrons. The molecule has 0 aromatic heterocycles. The van der Waals surface area contributed by atoms with Gasteiger partial charge >= 0.3 is 0 Å². The highest BCUT2D eigenvalue weighted by atomic mass is 35.5. The van der Waals surface area contributed by atoms with Crippen LogP contribution in [0.5, 0.6) is 0 Å². The van der Waals surface area contributed by atoms with Crippen LogP contribution in [0.15, 0.2) is 60.7 Å². The van der Waals surface area contributed by atoms with Crippen molar-refractivity contribution >= 4 is 45.8 Å². The summed E-state index contributed by atoms with van der Waals surface area (Å²) in [5.74, 6) is -0.804. The Balaban J connectivity index is 1.43. The van der Waals surface area contributed by atoms with Crippen LogP contribution in [0.2, 0.25) is 5.02 Å². The smallest absolute Gasteiger partial charge is 0.261 e. The highest BCUT2D eigenvalue weighted by Gasteiger charge is 2.32. The molecule has 0 spiro atoms. The molecule has 0 saturated carbocycles. The van der Waals surface area contributed by atoms with Crippen molar-refractivity contribution in [1.82, 2.24) is 4.90 Å². The Labute approximate surface area is 166 Å². The summed E-state index contributed by atoms with van der Waals surface area (Å²) in [5, 5.41) is 4.95. The van der Waals surface area contributed by atoms with Crippen molar-refractivity contribution in [3.63, 3.8) is 0 Å². The van der Waals surface area contributed by atoms with E-state index in [9.17, 15) is 14.4 Å². The third kappa shape index (κ3) is 3.37. The Morgan fingerprint density at radius 2 is 1.50 bits per heavy atom. The summed E-state index contributed by atoms with van der Waals surface area (Å²) in [5.41, 5.74) is 1.71. The molecular weight excluding hydrogens is 376 g/mol. The molecule has 0 unspecified atom stereocenters. The van der Waals surface area contributed by atoms with Crippen LogP contribution in [0.3, 0.4) is 0 Å². The lowest BCUT2D eigenvalue weighted by Gasteiger charge is -2.27. The number of carbonyl (C=O) groups is 3. The first-order valence-corrected chi connectivity index (χ1v) is 9.36. The average molecular weight is 393 g/mol. The number of imide groups is 1. The van der Waals surface area contributed by atoms with E-state index in [2.05, 4.69) is 5.32 Å². The van der Waals surface area contributed by atoms with Crippen LogP contribution < -0.4 is 5.32 Å². The molecule has 3 aromatic carbocycles. The molecule has 1 aliphatic rings. The van der Waals surface area contributed by atoms with E-state index < -0.39 is 0 Å². The fourth-order valence-corrected chi connectivity index (χ4v) is 3.56. The molecule has 0 atom stereocenters. The number of carbonyl (C=O) groups excluding carboxylic acids is 3. The third-order valence-electron chi connectivity index (χ3n) is 4.77. The number of anilines is 1. The Morgan fingerprint density at radius 3 is 2.11 bits per heavy atom. The summed E-state index contributed by atoms with van der Waals surface area (Å²) in [6, 6.07) is 17.7. The predicted molar refractivity (Wildman–Crippen MR) is 109 cm³/mol. The first kappa shape index (κ1) is 18.2. The van der Waals surface area contributed by atoms with Crippen LogP contribution in [0.25, 0.3) is 10.8 Å². The Kier molecular flexibility index (Phi) is 4.84. The molecule has 0 fully saturated rings. The summed E-state index contributed by atoms with van der Waals surface area (Å²) in [6.45, 7) is 0.191. The molecule has 28 heavy (non-hydrogen) atoms. The van der Waals surface area contributed by atoms with Gasteiger partial charge in [0.25, 0.3) is 11.8 Å². The van der Waals surface area contributed by atoms with Gasteiger partial charge in [0.05, 0.1) is 0 Å². The Hall–Kier alpha value is -3.18. The maximum absolute atomic E-state index is 12.8. The zero-order valence-electron chi connectivity index (χ0n) is 14.9. The van der Waals surface area contributed by atoms with E-state index in [1.165, 1.54) is 4.90 Å². The van der Waals surface area contributed by atoms with E-state index in [1.807, 2.05) is 24.3 Å². The number of hydrogen-bond donors (Lipinski definition) is 1. The van der Waals surface area contributed by atoms with E-state index >= 15 is 0 Å². The van der Waals surface area contributed by atoms with E-state index in [-0.39, 0.29) is 30.7 Å². The van der Waals surface area contributed by atoms with Gasteiger partial charge in [-0.3, -0.25) is 19.3 Å². The quantitative estimate of drug-likeness (QED) is 0.650. The number of hydrogen-bond acceptors (Lipinski definition) is 3. The van der Waals surface area contributed by atoms with Crippen molar-refractivity contribution in [3.8, 4) is 0 Å². The first-order chi connectivity index (χ1) is 13.5. The summed E-state index contributed by atoms with van der Waals surface area (Å²) in [4.78, 5) is 39.0. The Bertz CT molecular complexity index is 1040. The van der Waals surface area contributed by atoms with Gasteiger partial charge in [-0.15, -0.1) is 0 Å². The minimum atomic E-state index is -0.313. The van der Waals surface area contributed by atoms with Gasteiger partial charge in [0.1, 0.15) is 0 Å². The van der Waals surface area contributed by atoms with Crippen LogP contribution in [-0.4, -0.2) is 29.2 Å². The molecule has 1 heterocycles. The van der Waals surface area contributed by atoms with E-state index in [1.54, 1.807) is 36.4 Å². The van der Waals surface area contributed by atoms with Gasteiger partial charge in [0.2, 0.25) is 5.91 Å². The van der Waals surface area contributed by atoms with Crippen molar-refractivity contribution in [3.05, 3.63) is 76.8 Å². The van der Waals surface area contributed by atoms with Crippen LogP contribution in [-0.2, 0) is 4.79 Å². The Morgan fingerprint density at radius 1 is 0.893 bits per heavy atom. The topological polar surface area (TPSA) is 66.5 Å². The number of amides is 3. The molecule has 6 heteroatoms. The summed E-state index contributed by atoms with van der Waals surface area (Å²) >= 11 is 5.83. The lowest BCUT2D eigenvalue weighted by molar-refractivity contribution is -0.116. The fourth-order valence-electron chi connectivity index (χ4n) is 3.44. The van der Waals surface area contributed by atoms with Gasteiger partial charge < -0.3 is 5.32 Å². The molecule has 3 aromatic rings. The normalized spacial score (nSPS) is 13.1. The zero-order chi connectivity index (χ0) is 19.7. The van der Waals surface area contributed by atoms with Gasteiger partial charge in [0.15, 0.2) is 0 Å². The van der Waals surface area contributed by atoms with E-state index in [0.29, 0.717) is 33.6 Å². The molecule has 1 aliphatic heterocycles. The molecule has 1 N–H and O–H groups in total. The molecule has 0 aliphatic carbocycles. The highest BCUT2D eigenvalue weighted by Crippen LogP contribution is 2.30. The predicted octanol–water partition coefficient (Wildman–Crippen LogP) is 4.51. The summed E-state index contributed by atoms with van der Waals surface area (Å²) in [6.07, 6.45) is 0.584.